The molecule has 0 spiro atoms. The molecule has 0 aliphatic carbocycles. The first-order valence-corrected chi connectivity index (χ1v) is 9.91. The van der Waals surface area contributed by atoms with Crippen LogP contribution in [0.15, 0.2) is 42.6 Å². The van der Waals surface area contributed by atoms with E-state index in [2.05, 4.69) is 51.0 Å². The molecule has 1 fully saturated rings. The average molecular weight is 460 g/mol. The molecule has 1 aliphatic heterocycles. The van der Waals surface area contributed by atoms with Crippen molar-refractivity contribution in [1.29, 1.82) is 0 Å². The number of halogens is 1. The van der Waals surface area contributed by atoms with Crippen LogP contribution in [0.2, 0.25) is 0 Å². The Bertz CT molecular complexity index is 927. The summed E-state index contributed by atoms with van der Waals surface area (Å²) < 4.78 is 1.11. The lowest BCUT2D eigenvalue weighted by molar-refractivity contribution is 0.102. The van der Waals surface area contributed by atoms with E-state index in [0.29, 0.717) is 17.3 Å². The zero-order valence-corrected chi connectivity index (χ0v) is 16.8. The summed E-state index contributed by atoms with van der Waals surface area (Å²) in [6.45, 7) is 2.22. The molecule has 1 aromatic carbocycles. The standard InChI is InChI=1S/C20H21IN4O/c1-25-10-8-13(9-11-25)16-12-22-17-6-7-18(23-19(16)17)24-20(26)14-2-4-15(21)5-3-14/h2-7,12-13,22H,8-11H2,1H3,(H,23,24,26). The van der Waals surface area contributed by atoms with E-state index in [4.69, 9.17) is 4.98 Å². The van der Waals surface area contributed by atoms with E-state index >= 15 is 0 Å². The van der Waals surface area contributed by atoms with Gasteiger partial charge in [-0.15, -0.1) is 0 Å². The van der Waals surface area contributed by atoms with Crippen molar-refractivity contribution < 1.29 is 4.79 Å². The van der Waals surface area contributed by atoms with Crippen LogP contribution in [0.4, 0.5) is 5.82 Å². The molecule has 1 saturated heterocycles. The Hall–Kier alpha value is -1.93. The fourth-order valence-electron chi connectivity index (χ4n) is 3.51. The van der Waals surface area contributed by atoms with Gasteiger partial charge in [0.25, 0.3) is 5.91 Å². The molecule has 2 N–H and O–H groups in total. The molecule has 3 aromatic rings. The molecular weight excluding hydrogens is 439 g/mol. The Balaban J connectivity index is 1.57. The number of nitrogens with one attached hydrogen (secondary N) is 2. The van der Waals surface area contributed by atoms with Crippen molar-refractivity contribution in [3.05, 3.63) is 57.3 Å². The van der Waals surface area contributed by atoms with Gasteiger partial charge in [-0.1, -0.05) is 0 Å². The number of nitrogens with zero attached hydrogens (tertiary/aromatic N) is 2. The summed E-state index contributed by atoms with van der Waals surface area (Å²) in [5, 5.41) is 2.92. The van der Waals surface area contributed by atoms with Gasteiger partial charge >= 0.3 is 0 Å². The Kier molecular flexibility index (Phi) is 4.95. The molecule has 5 nitrogen and oxygen atoms in total. The van der Waals surface area contributed by atoms with E-state index in [0.717, 1.165) is 40.5 Å². The summed E-state index contributed by atoms with van der Waals surface area (Å²) >= 11 is 2.23. The number of aromatic amines is 1. The van der Waals surface area contributed by atoms with E-state index in [1.807, 2.05) is 36.4 Å². The van der Waals surface area contributed by atoms with E-state index in [1.54, 1.807) is 0 Å². The van der Waals surface area contributed by atoms with Crippen molar-refractivity contribution in [3.63, 3.8) is 0 Å². The summed E-state index contributed by atoms with van der Waals surface area (Å²) in [6, 6.07) is 11.4. The molecular formula is C20H21IN4O. The highest BCUT2D eigenvalue weighted by Crippen LogP contribution is 2.32. The van der Waals surface area contributed by atoms with Crippen molar-refractivity contribution in [1.82, 2.24) is 14.9 Å². The lowest BCUT2D eigenvalue weighted by atomic mass is 9.91. The maximum atomic E-state index is 12.5. The van der Waals surface area contributed by atoms with Crippen LogP contribution in [0.5, 0.6) is 0 Å². The van der Waals surface area contributed by atoms with Crippen molar-refractivity contribution >= 4 is 45.3 Å². The van der Waals surface area contributed by atoms with Crippen molar-refractivity contribution in [3.8, 4) is 0 Å². The van der Waals surface area contributed by atoms with Crippen LogP contribution in [-0.4, -0.2) is 40.9 Å². The van der Waals surface area contributed by atoms with Crippen LogP contribution >= 0.6 is 22.6 Å². The zero-order chi connectivity index (χ0) is 18.1. The third kappa shape index (κ3) is 3.61. The number of carbonyl (C=O) groups excluding carboxylic acids is 1. The van der Waals surface area contributed by atoms with Gasteiger partial charge in [0.15, 0.2) is 0 Å². The molecule has 2 aromatic heterocycles. The molecule has 0 bridgehead atoms. The number of H-pyrrole nitrogens is 1. The normalized spacial score (nSPS) is 16.1. The first-order valence-electron chi connectivity index (χ1n) is 8.83. The highest BCUT2D eigenvalue weighted by atomic mass is 127. The number of benzene rings is 1. The predicted octanol–water partition coefficient (Wildman–Crippen LogP) is 4.23. The minimum atomic E-state index is -0.135. The summed E-state index contributed by atoms with van der Waals surface area (Å²) in [5.41, 5.74) is 3.89. The van der Waals surface area contributed by atoms with Crippen molar-refractivity contribution in [2.75, 3.05) is 25.5 Å². The molecule has 1 amide bonds. The van der Waals surface area contributed by atoms with Gasteiger partial charge in [-0.3, -0.25) is 4.79 Å². The number of carbonyl (C=O) groups is 1. The maximum Gasteiger partial charge on any atom is 0.256 e. The number of pyridine rings is 1. The first kappa shape index (κ1) is 17.5. The van der Waals surface area contributed by atoms with Gasteiger partial charge in [0.05, 0.1) is 11.0 Å². The van der Waals surface area contributed by atoms with Gasteiger partial charge < -0.3 is 15.2 Å². The largest absolute Gasteiger partial charge is 0.360 e. The first-order chi connectivity index (χ1) is 12.6. The fraction of sp³-hybridized carbons (Fsp3) is 0.300. The lowest BCUT2D eigenvalue weighted by Gasteiger charge is -2.28. The van der Waals surface area contributed by atoms with Crippen LogP contribution in [0.25, 0.3) is 11.0 Å². The summed E-state index contributed by atoms with van der Waals surface area (Å²) in [6.07, 6.45) is 4.37. The van der Waals surface area contributed by atoms with Gasteiger partial charge in [-0.25, -0.2) is 4.98 Å². The van der Waals surface area contributed by atoms with E-state index in [-0.39, 0.29) is 5.91 Å². The zero-order valence-electron chi connectivity index (χ0n) is 14.6. The molecule has 0 atom stereocenters. The monoisotopic (exact) mass is 460 g/mol. The second-order valence-corrected chi connectivity index (χ2v) is 8.12. The van der Waals surface area contributed by atoms with E-state index in [9.17, 15) is 4.79 Å². The minimum absolute atomic E-state index is 0.135. The van der Waals surface area contributed by atoms with Crippen LogP contribution in [0, 0.1) is 3.57 Å². The van der Waals surface area contributed by atoms with Gasteiger partial charge in [0.1, 0.15) is 5.82 Å². The highest BCUT2D eigenvalue weighted by Gasteiger charge is 2.22. The minimum Gasteiger partial charge on any atom is -0.360 e. The van der Waals surface area contributed by atoms with Crippen LogP contribution < -0.4 is 5.32 Å². The van der Waals surface area contributed by atoms with Gasteiger partial charge in [-0.2, -0.15) is 0 Å². The number of likely N-dealkylation sites (tertiary alicyclic amines) is 1. The van der Waals surface area contributed by atoms with Crippen LogP contribution in [0.3, 0.4) is 0 Å². The van der Waals surface area contributed by atoms with E-state index < -0.39 is 0 Å². The molecule has 134 valence electrons. The lowest BCUT2D eigenvalue weighted by Crippen LogP contribution is -2.29. The van der Waals surface area contributed by atoms with Crippen LogP contribution in [0.1, 0.15) is 34.7 Å². The average Bonchev–Trinajstić information content (AvgIpc) is 3.06. The predicted molar refractivity (Wildman–Crippen MR) is 113 cm³/mol. The second-order valence-electron chi connectivity index (χ2n) is 6.88. The number of fused-ring (bicyclic) bond motifs is 1. The smallest absolute Gasteiger partial charge is 0.256 e. The number of aromatic nitrogens is 2. The summed E-state index contributed by atoms with van der Waals surface area (Å²) in [5.74, 6) is 0.981. The number of piperidine rings is 1. The Morgan fingerprint density at radius 1 is 1.19 bits per heavy atom. The van der Waals surface area contributed by atoms with Gasteiger partial charge in [0, 0.05) is 15.3 Å². The molecule has 6 heteroatoms. The van der Waals surface area contributed by atoms with Gasteiger partial charge in [0.2, 0.25) is 0 Å². The molecule has 26 heavy (non-hydrogen) atoms. The SMILES string of the molecule is CN1CCC(c2c[nH]c3ccc(NC(=O)c4ccc(I)cc4)nc23)CC1. The molecule has 0 saturated carbocycles. The molecule has 1 aliphatic rings. The number of anilines is 1. The van der Waals surface area contributed by atoms with E-state index in [1.165, 1.54) is 5.56 Å². The molecule has 0 radical (unpaired) electrons. The van der Waals surface area contributed by atoms with Crippen molar-refractivity contribution in [2.24, 2.45) is 0 Å². The Morgan fingerprint density at radius 3 is 2.65 bits per heavy atom. The topological polar surface area (TPSA) is 61.0 Å². The number of hydrogen-bond acceptors (Lipinski definition) is 3. The Labute approximate surface area is 166 Å². The second kappa shape index (κ2) is 7.36. The number of rotatable bonds is 3. The van der Waals surface area contributed by atoms with Crippen LogP contribution in [-0.2, 0) is 0 Å². The quantitative estimate of drug-likeness (QED) is 0.576. The Morgan fingerprint density at radius 2 is 1.92 bits per heavy atom. The molecule has 3 heterocycles. The third-order valence-corrected chi connectivity index (χ3v) is 5.78. The fourth-order valence-corrected chi connectivity index (χ4v) is 3.87. The number of amides is 1. The maximum absolute atomic E-state index is 12.5. The highest BCUT2D eigenvalue weighted by molar-refractivity contribution is 14.1. The van der Waals surface area contributed by atoms with Gasteiger partial charge in [-0.05, 0) is 103 Å². The molecule has 0 unspecified atom stereocenters. The summed E-state index contributed by atoms with van der Waals surface area (Å²) in [4.78, 5) is 22.9. The summed E-state index contributed by atoms with van der Waals surface area (Å²) in [7, 11) is 2.17. The molecule has 4 rings (SSSR count). The third-order valence-electron chi connectivity index (χ3n) is 5.06. The van der Waals surface area contributed by atoms with Crippen molar-refractivity contribution in [2.45, 2.75) is 18.8 Å². The number of hydrogen-bond donors (Lipinski definition) is 2.